The van der Waals surface area contributed by atoms with E-state index in [-0.39, 0.29) is 25.4 Å². The number of carbonyl (C=O) groups is 3. The van der Waals surface area contributed by atoms with Crippen LogP contribution >= 0.6 is 0 Å². The zero-order valence-corrected chi connectivity index (χ0v) is 19.6. The molecule has 2 aliphatic carbocycles. The molecule has 35 heavy (non-hydrogen) atoms. The van der Waals surface area contributed by atoms with Crippen molar-refractivity contribution in [3.63, 3.8) is 0 Å². The van der Waals surface area contributed by atoms with Crippen LogP contribution in [0.5, 0.6) is 0 Å². The summed E-state index contributed by atoms with van der Waals surface area (Å²) in [6.45, 7) is 0.186. The topological polar surface area (TPSA) is 105 Å². The number of carboxylic acids is 1. The Morgan fingerprint density at radius 3 is 2.20 bits per heavy atom. The molecule has 2 aromatic carbocycles. The molecule has 3 N–H and O–H groups in total. The lowest BCUT2D eigenvalue weighted by Crippen LogP contribution is -2.54. The fourth-order valence-corrected chi connectivity index (χ4v) is 5.30. The molecule has 1 atom stereocenters. The van der Waals surface area contributed by atoms with E-state index in [2.05, 4.69) is 40.8 Å². The Kier molecular flexibility index (Phi) is 7.40. The summed E-state index contributed by atoms with van der Waals surface area (Å²) in [5.74, 6) is 0.583. The highest BCUT2D eigenvalue weighted by Gasteiger charge is 2.38. The van der Waals surface area contributed by atoms with Crippen LogP contribution in [0.4, 0.5) is 4.79 Å². The Morgan fingerprint density at radius 2 is 1.63 bits per heavy atom. The van der Waals surface area contributed by atoms with Crippen LogP contribution in [0.15, 0.2) is 48.5 Å². The first-order chi connectivity index (χ1) is 16.9. The number of nitrogens with one attached hydrogen (secondary N) is 2. The van der Waals surface area contributed by atoms with Crippen LogP contribution in [0.2, 0.25) is 0 Å². The molecule has 0 aliphatic heterocycles. The van der Waals surface area contributed by atoms with Crippen LogP contribution in [0, 0.1) is 12.3 Å². The Hall–Kier alpha value is -3.79. The first kappa shape index (κ1) is 24.3. The second-order valence-corrected chi connectivity index (χ2v) is 9.33. The number of hydrogen-bond acceptors (Lipinski definition) is 4. The van der Waals surface area contributed by atoms with Gasteiger partial charge in [-0.25, -0.2) is 9.59 Å². The average molecular weight is 475 g/mol. The molecule has 2 aromatic rings. The second-order valence-electron chi connectivity index (χ2n) is 9.33. The molecule has 0 heterocycles. The van der Waals surface area contributed by atoms with Crippen molar-refractivity contribution in [1.29, 1.82) is 0 Å². The van der Waals surface area contributed by atoms with Crippen molar-refractivity contribution in [2.45, 2.75) is 62.4 Å². The Balaban J connectivity index is 1.42. The lowest BCUT2D eigenvalue weighted by Gasteiger charge is -2.37. The number of alkyl carbamates (subject to hydrolysis) is 1. The highest BCUT2D eigenvalue weighted by molar-refractivity contribution is 5.85. The molecule has 0 aromatic heterocycles. The second kappa shape index (κ2) is 10.6. The Morgan fingerprint density at radius 1 is 1.03 bits per heavy atom. The molecular weight excluding hydrogens is 444 g/mol. The number of carbonyl (C=O) groups excluding carboxylic acids is 2. The molecule has 1 unspecified atom stereocenters. The van der Waals surface area contributed by atoms with E-state index in [1.807, 2.05) is 24.3 Å². The largest absolute Gasteiger partial charge is 0.480 e. The normalized spacial score (nSPS) is 16.8. The highest BCUT2D eigenvalue weighted by atomic mass is 16.5. The third-order valence-corrected chi connectivity index (χ3v) is 6.98. The smallest absolute Gasteiger partial charge is 0.407 e. The number of terminal acetylenes is 1. The maximum atomic E-state index is 12.9. The van der Waals surface area contributed by atoms with Crippen molar-refractivity contribution in [3.8, 4) is 23.5 Å². The SMILES string of the molecule is C#CCC(NC(=O)CC1(NC(=O)OCC2c3ccccc3-c3ccccc32)CCCCC1)C(=O)O. The standard InChI is InChI=1S/C28H30N2O5/c1-2-10-24(26(32)33)29-25(31)17-28(15-8-3-9-16-28)30-27(34)35-18-23-21-13-6-4-11-19(21)20-12-5-7-14-22(20)23/h1,4-7,11-14,23-24H,3,8-10,15-18H2,(H,29,31)(H,30,34)(H,32,33). The number of ether oxygens (including phenoxy) is 1. The summed E-state index contributed by atoms with van der Waals surface area (Å²) < 4.78 is 5.70. The van der Waals surface area contributed by atoms with Crippen molar-refractivity contribution in [2.24, 2.45) is 0 Å². The number of amides is 2. The Bertz CT molecular complexity index is 1100. The third-order valence-electron chi connectivity index (χ3n) is 6.98. The van der Waals surface area contributed by atoms with Crippen LogP contribution in [-0.2, 0) is 14.3 Å². The number of hydrogen-bond donors (Lipinski definition) is 3. The molecule has 0 spiro atoms. The minimum Gasteiger partial charge on any atom is -0.480 e. The predicted molar refractivity (Wildman–Crippen MR) is 132 cm³/mol. The quantitative estimate of drug-likeness (QED) is 0.497. The highest BCUT2D eigenvalue weighted by Crippen LogP contribution is 2.44. The third kappa shape index (κ3) is 5.48. The zero-order valence-electron chi connectivity index (χ0n) is 19.6. The number of benzene rings is 2. The summed E-state index contributed by atoms with van der Waals surface area (Å²) in [6, 6.07) is 15.1. The van der Waals surface area contributed by atoms with Gasteiger partial charge in [0.15, 0.2) is 0 Å². The molecule has 4 rings (SSSR count). The van der Waals surface area contributed by atoms with E-state index in [9.17, 15) is 19.5 Å². The fraction of sp³-hybridized carbons (Fsp3) is 0.393. The van der Waals surface area contributed by atoms with Gasteiger partial charge in [0.25, 0.3) is 0 Å². The van der Waals surface area contributed by atoms with E-state index in [4.69, 9.17) is 11.2 Å². The summed E-state index contributed by atoms with van der Waals surface area (Å²) in [5.41, 5.74) is 3.78. The molecule has 2 aliphatic rings. The van der Waals surface area contributed by atoms with E-state index >= 15 is 0 Å². The maximum Gasteiger partial charge on any atom is 0.407 e. The van der Waals surface area contributed by atoms with Crippen molar-refractivity contribution in [1.82, 2.24) is 10.6 Å². The van der Waals surface area contributed by atoms with Gasteiger partial charge in [-0.1, -0.05) is 67.8 Å². The molecule has 2 amide bonds. The van der Waals surface area contributed by atoms with Gasteiger partial charge in [0.05, 0.1) is 5.54 Å². The Labute approximate surface area is 205 Å². The van der Waals surface area contributed by atoms with E-state index in [0.717, 1.165) is 41.5 Å². The van der Waals surface area contributed by atoms with Gasteiger partial charge in [-0.15, -0.1) is 12.3 Å². The molecule has 1 saturated carbocycles. The van der Waals surface area contributed by atoms with Gasteiger partial charge in [-0.05, 0) is 35.1 Å². The summed E-state index contributed by atoms with van der Waals surface area (Å²) >= 11 is 0. The van der Waals surface area contributed by atoms with E-state index in [1.165, 1.54) is 0 Å². The van der Waals surface area contributed by atoms with Gasteiger partial charge in [-0.2, -0.15) is 0 Å². The first-order valence-corrected chi connectivity index (χ1v) is 12.0. The lowest BCUT2D eigenvalue weighted by atomic mass is 9.79. The molecule has 1 fully saturated rings. The number of carboxylic acid groups (broad SMARTS) is 1. The first-order valence-electron chi connectivity index (χ1n) is 12.0. The zero-order chi connectivity index (χ0) is 24.8. The number of fused-ring (bicyclic) bond motifs is 3. The number of aliphatic carboxylic acids is 1. The van der Waals surface area contributed by atoms with Crippen LogP contribution in [0.25, 0.3) is 11.1 Å². The van der Waals surface area contributed by atoms with Gasteiger partial charge in [0, 0.05) is 18.8 Å². The fourth-order valence-electron chi connectivity index (χ4n) is 5.30. The van der Waals surface area contributed by atoms with Crippen molar-refractivity contribution < 1.29 is 24.2 Å². The minimum atomic E-state index is -1.18. The maximum absolute atomic E-state index is 12.9. The van der Waals surface area contributed by atoms with Gasteiger partial charge in [0.2, 0.25) is 5.91 Å². The van der Waals surface area contributed by atoms with Crippen LogP contribution < -0.4 is 10.6 Å². The summed E-state index contributed by atoms with van der Waals surface area (Å²) in [6.07, 6.45) is 8.52. The summed E-state index contributed by atoms with van der Waals surface area (Å²) in [5, 5.41) is 14.7. The van der Waals surface area contributed by atoms with E-state index in [0.29, 0.717) is 12.8 Å². The molecule has 7 heteroatoms. The predicted octanol–water partition coefficient (Wildman–Crippen LogP) is 4.21. The average Bonchev–Trinajstić information content (AvgIpc) is 3.16. The van der Waals surface area contributed by atoms with Crippen molar-refractivity contribution >= 4 is 18.0 Å². The van der Waals surface area contributed by atoms with Crippen LogP contribution in [-0.4, -0.2) is 41.3 Å². The molecule has 0 bridgehead atoms. The molecule has 182 valence electrons. The van der Waals surface area contributed by atoms with Crippen molar-refractivity contribution in [2.75, 3.05) is 6.61 Å². The van der Waals surface area contributed by atoms with Gasteiger partial charge < -0.3 is 20.5 Å². The monoisotopic (exact) mass is 474 g/mol. The number of rotatable bonds is 8. The van der Waals surface area contributed by atoms with Gasteiger partial charge >= 0.3 is 12.1 Å². The van der Waals surface area contributed by atoms with Crippen LogP contribution in [0.3, 0.4) is 0 Å². The molecule has 0 radical (unpaired) electrons. The minimum absolute atomic E-state index is 0.0223. The molecule has 0 saturated heterocycles. The molecular formula is C28H30N2O5. The van der Waals surface area contributed by atoms with E-state index < -0.39 is 29.6 Å². The lowest BCUT2D eigenvalue weighted by molar-refractivity contribution is -0.142. The summed E-state index contributed by atoms with van der Waals surface area (Å²) in [4.78, 5) is 37.0. The van der Waals surface area contributed by atoms with Crippen molar-refractivity contribution in [3.05, 3.63) is 59.7 Å². The van der Waals surface area contributed by atoms with E-state index in [1.54, 1.807) is 0 Å². The van der Waals surface area contributed by atoms with Gasteiger partial charge in [-0.3, -0.25) is 4.79 Å². The summed E-state index contributed by atoms with van der Waals surface area (Å²) in [7, 11) is 0. The molecule has 7 nitrogen and oxygen atoms in total. The van der Waals surface area contributed by atoms with Gasteiger partial charge in [0.1, 0.15) is 12.6 Å². The van der Waals surface area contributed by atoms with Crippen LogP contribution in [0.1, 0.15) is 62.0 Å².